The summed E-state index contributed by atoms with van der Waals surface area (Å²) in [6, 6.07) is 16.6. The van der Waals surface area contributed by atoms with Gasteiger partial charge >= 0.3 is 0 Å². The topological polar surface area (TPSA) is 49.7 Å². The van der Waals surface area contributed by atoms with Crippen LogP contribution in [0, 0.1) is 0 Å². The van der Waals surface area contributed by atoms with E-state index in [1.54, 1.807) is 0 Å². The number of likely N-dealkylation sites (tertiary alicyclic amines) is 2. The van der Waals surface area contributed by atoms with Gasteiger partial charge in [-0.05, 0) is 87.9 Å². The third kappa shape index (κ3) is 5.42. The average Bonchev–Trinajstić information content (AvgIpc) is 3.38. The Bertz CT molecular complexity index is 1300. The molecule has 2 aliphatic heterocycles. The molecule has 0 spiro atoms. The predicted octanol–water partition coefficient (Wildman–Crippen LogP) is 6.47. The summed E-state index contributed by atoms with van der Waals surface area (Å²) in [7, 11) is 0. The van der Waals surface area contributed by atoms with Crippen LogP contribution in [0.4, 0.5) is 0 Å². The summed E-state index contributed by atoms with van der Waals surface area (Å²) in [5.41, 5.74) is 9.00. The molecule has 5 rings (SSSR count). The highest BCUT2D eigenvalue weighted by Crippen LogP contribution is 2.35. The highest BCUT2D eigenvalue weighted by Gasteiger charge is 2.38. The quantitative estimate of drug-likeness (QED) is 0.326. The minimum absolute atomic E-state index is 0.116. The van der Waals surface area contributed by atoms with E-state index in [9.17, 15) is 4.79 Å². The number of carbonyl (C=O) groups excluding carboxylic acids is 1. The van der Waals surface area contributed by atoms with Crippen molar-refractivity contribution in [2.75, 3.05) is 32.8 Å². The van der Waals surface area contributed by atoms with E-state index in [0.717, 1.165) is 90.6 Å². The van der Waals surface area contributed by atoms with Crippen LogP contribution in [0.2, 0.25) is 0 Å². The number of hydrogen-bond donors (Lipinski definition) is 1. The second kappa shape index (κ2) is 11.6. The number of benzene rings is 2. The van der Waals surface area contributed by atoms with Gasteiger partial charge in [-0.25, -0.2) is 0 Å². The summed E-state index contributed by atoms with van der Waals surface area (Å²) in [4.78, 5) is 23.9. The molecule has 6 nitrogen and oxygen atoms in total. The molecular formula is C31H39BrN4O2. The van der Waals surface area contributed by atoms with Crippen molar-refractivity contribution in [3.05, 3.63) is 75.9 Å². The molecular weight excluding hydrogens is 540 g/mol. The number of rotatable bonds is 7. The molecule has 1 aromatic heterocycles. The standard InChI is InChI=1S/C31H39BrN4O2/c1-4-34-18-15-26-27(7-6-8-28(26)34)30(37)35-21-16-31(3,17-22-35)36-19-13-24(14-20-36)29(33-38-5-2)23-9-11-25(32)12-10-23/h6-12,15,18,33H,4-5,13-14,16-17,19-22H2,1-3H3. The van der Waals surface area contributed by atoms with Crippen molar-refractivity contribution < 1.29 is 9.63 Å². The second-order valence-electron chi connectivity index (χ2n) is 10.6. The number of aromatic nitrogens is 1. The first kappa shape index (κ1) is 27.0. The highest BCUT2D eigenvalue weighted by atomic mass is 79.9. The summed E-state index contributed by atoms with van der Waals surface area (Å²) >= 11 is 3.54. The number of halogens is 1. The first-order valence-electron chi connectivity index (χ1n) is 13.9. The van der Waals surface area contributed by atoms with Crippen LogP contribution in [-0.4, -0.2) is 58.6 Å². The number of nitrogens with one attached hydrogen (secondary N) is 1. The van der Waals surface area contributed by atoms with Crippen LogP contribution in [0.25, 0.3) is 16.6 Å². The number of hydroxylamine groups is 1. The lowest BCUT2D eigenvalue weighted by Crippen LogP contribution is -2.56. The maximum Gasteiger partial charge on any atom is 0.254 e. The van der Waals surface area contributed by atoms with Crippen molar-refractivity contribution in [1.29, 1.82) is 0 Å². The molecule has 0 bridgehead atoms. The SMILES string of the molecule is CCONC(=C1CCN(C2(C)CCN(C(=O)c3cccc4c3ccn4CC)CC2)CC1)c1ccc(Br)cc1. The molecule has 38 heavy (non-hydrogen) atoms. The first-order chi connectivity index (χ1) is 18.4. The van der Waals surface area contributed by atoms with Crippen LogP contribution in [-0.2, 0) is 11.4 Å². The molecule has 1 amide bonds. The predicted molar refractivity (Wildman–Crippen MR) is 158 cm³/mol. The van der Waals surface area contributed by atoms with Crippen LogP contribution in [0.15, 0.2) is 64.8 Å². The van der Waals surface area contributed by atoms with Crippen LogP contribution in [0.5, 0.6) is 0 Å². The molecule has 1 N–H and O–H groups in total. The number of piperidine rings is 2. The largest absolute Gasteiger partial charge is 0.348 e. The molecule has 2 saturated heterocycles. The summed E-state index contributed by atoms with van der Waals surface area (Å²) in [5, 5.41) is 1.06. The molecule has 0 unspecified atom stereocenters. The Kier molecular flexibility index (Phi) is 8.26. The minimum Gasteiger partial charge on any atom is -0.348 e. The van der Waals surface area contributed by atoms with Gasteiger partial charge in [-0.1, -0.05) is 34.1 Å². The highest BCUT2D eigenvalue weighted by molar-refractivity contribution is 9.10. The fourth-order valence-corrected chi connectivity index (χ4v) is 6.29. The van der Waals surface area contributed by atoms with Gasteiger partial charge in [-0.15, -0.1) is 0 Å². The maximum atomic E-state index is 13.5. The van der Waals surface area contributed by atoms with E-state index in [2.05, 4.69) is 92.2 Å². The van der Waals surface area contributed by atoms with E-state index < -0.39 is 0 Å². The van der Waals surface area contributed by atoms with Crippen LogP contribution in [0.1, 0.15) is 62.4 Å². The van der Waals surface area contributed by atoms with E-state index >= 15 is 0 Å². The number of aryl methyl sites for hydroxylation is 1. The first-order valence-corrected chi connectivity index (χ1v) is 14.7. The van der Waals surface area contributed by atoms with Crippen molar-refractivity contribution in [2.45, 2.75) is 58.5 Å². The van der Waals surface area contributed by atoms with Gasteiger partial charge in [0.05, 0.1) is 12.3 Å². The molecule has 3 heterocycles. The van der Waals surface area contributed by atoms with E-state index in [4.69, 9.17) is 4.84 Å². The minimum atomic E-state index is 0.116. The number of carbonyl (C=O) groups is 1. The number of hydrogen-bond acceptors (Lipinski definition) is 4. The molecule has 2 aromatic carbocycles. The van der Waals surface area contributed by atoms with E-state index in [-0.39, 0.29) is 11.4 Å². The Morgan fingerprint density at radius 2 is 1.71 bits per heavy atom. The zero-order valence-electron chi connectivity index (χ0n) is 22.8. The Balaban J connectivity index is 1.24. The maximum absolute atomic E-state index is 13.5. The molecule has 0 radical (unpaired) electrons. The lowest BCUT2D eigenvalue weighted by molar-refractivity contribution is 0.0257. The van der Waals surface area contributed by atoms with Gasteiger partial charge < -0.3 is 9.47 Å². The lowest BCUT2D eigenvalue weighted by atomic mass is 9.84. The van der Waals surface area contributed by atoms with Gasteiger partial charge in [0.15, 0.2) is 0 Å². The summed E-state index contributed by atoms with van der Waals surface area (Å²) in [5.74, 6) is 0.163. The number of fused-ring (bicyclic) bond motifs is 1. The van der Waals surface area contributed by atoms with Gasteiger partial charge in [0.25, 0.3) is 5.91 Å². The molecule has 2 fully saturated rings. The lowest BCUT2D eigenvalue weighted by Gasteiger charge is -2.48. The van der Waals surface area contributed by atoms with Gasteiger partial charge in [-0.3, -0.25) is 20.0 Å². The summed E-state index contributed by atoms with van der Waals surface area (Å²) in [6.07, 6.45) is 6.11. The van der Waals surface area contributed by atoms with Crippen molar-refractivity contribution in [1.82, 2.24) is 19.8 Å². The average molecular weight is 580 g/mol. The van der Waals surface area contributed by atoms with Crippen LogP contribution >= 0.6 is 15.9 Å². The number of nitrogens with zero attached hydrogens (tertiary/aromatic N) is 3. The Morgan fingerprint density at radius 1 is 1.00 bits per heavy atom. The van der Waals surface area contributed by atoms with Gasteiger partial charge in [0.2, 0.25) is 0 Å². The van der Waals surface area contributed by atoms with Crippen molar-refractivity contribution in [3.8, 4) is 0 Å². The molecule has 0 aliphatic carbocycles. The number of amides is 1. The molecule has 0 saturated carbocycles. The van der Waals surface area contributed by atoms with E-state index in [1.807, 2.05) is 19.1 Å². The molecule has 202 valence electrons. The molecule has 2 aliphatic rings. The van der Waals surface area contributed by atoms with E-state index in [1.165, 1.54) is 5.57 Å². The summed E-state index contributed by atoms with van der Waals surface area (Å²) in [6.45, 7) is 11.7. The van der Waals surface area contributed by atoms with Crippen LogP contribution in [0.3, 0.4) is 0 Å². The Morgan fingerprint density at radius 3 is 2.37 bits per heavy atom. The van der Waals surface area contributed by atoms with Crippen LogP contribution < -0.4 is 5.48 Å². The zero-order chi connectivity index (χ0) is 26.7. The fourth-order valence-electron chi connectivity index (χ4n) is 6.03. The second-order valence-corrected chi connectivity index (χ2v) is 11.6. The summed E-state index contributed by atoms with van der Waals surface area (Å²) < 4.78 is 3.27. The normalized spacial score (nSPS) is 18.1. The van der Waals surface area contributed by atoms with Crippen molar-refractivity contribution >= 4 is 38.4 Å². The van der Waals surface area contributed by atoms with E-state index in [0.29, 0.717) is 6.61 Å². The Hall–Kier alpha value is -2.61. The van der Waals surface area contributed by atoms with Gasteiger partial charge in [0.1, 0.15) is 0 Å². The fraction of sp³-hybridized carbons (Fsp3) is 0.452. The smallest absolute Gasteiger partial charge is 0.254 e. The van der Waals surface area contributed by atoms with Gasteiger partial charge in [0, 0.05) is 65.4 Å². The zero-order valence-corrected chi connectivity index (χ0v) is 24.4. The monoisotopic (exact) mass is 578 g/mol. The van der Waals surface area contributed by atoms with Crippen molar-refractivity contribution in [3.63, 3.8) is 0 Å². The molecule has 3 aromatic rings. The third-order valence-electron chi connectivity index (χ3n) is 8.45. The third-order valence-corrected chi connectivity index (χ3v) is 8.98. The Labute approximate surface area is 234 Å². The van der Waals surface area contributed by atoms with Crippen molar-refractivity contribution in [2.24, 2.45) is 0 Å². The van der Waals surface area contributed by atoms with Gasteiger partial charge in [-0.2, -0.15) is 0 Å². The molecule has 0 atom stereocenters. The molecule has 7 heteroatoms.